The standard InChI is InChI=1S/C24H23IN4O5/c1-16-11-19(6-9-21(16)25)26-14-24(30)28-27-13-18-5-10-22(33-2)23(12-18)34-15-17-3-7-20(8-4-17)29(31)32/h3-13,26H,14-15H2,1-2H3,(H,28,30)/b27-13+. The number of nitrogens with zero attached hydrogens (tertiary/aromatic N) is 2. The smallest absolute Gasteiger partial charge is 0.269 e. The van der Waals surface area contributed by atoms with Gasteiger partial charge in [-0.2, -0.15) is 5.10 Å². The quantitative estimate of drug-likeness (QED) is 0.158. The normalized spacial score (nSPS) is 10.7. The first-order chi connectivity index (χ1) is 16.4. The number of anilines is 1. The van der Waals surface area contributed by atoms with Gasteiger partial charge in [0.25, 0.3) is 11.6 Å². The molecule has 10 heteroatoms. The highest BCUT2D eigenvalue weighted by Gasteiger charge is 2.08. The zero-order valence-corrected chi connectivity index (χ0v) is 20.7. The van der Waals surface area contributed by atoms with Crippen molar-refractivity contribution in [1.29, 1.82) is 0 Å². The molecule has 0 aromatic heterocycles. The number of carbonyl (C=O) groups is 1. The largest absolute Gasteiger partial charge is 0.493 e. The number of benzene rings is 3. The fraction of sp³-hybridized carbons (Fsp3) is 0.167. The second-order valence-electron chi connectivity index (χ2n) is 7.23. The summed E-state index contributed by atoms with van der Waals surface area (Å²) in [5, 5.41) is 17.8. The first-order valence-corrected chi connectivity index (χ1v) is 11.3. The first kappa shape index (κ1) is 25.0. The van der Waals surface area contributed by atoms with E-state index in [1.165, 1.54) is 25.5 Å². The van der Waals surface area contributed by atoms with Crippen LogP contribution in [0.25, 0.3) is 0 Å². The molecule has 0 fully saturated rings. The van der Waals surface area contributed by atoms with Crippen LogP contribution in [0.15, 0.2) is 65.8 Å². The van der Waals surface area contributed by atoms with Gasteiger partial charge in [0.05, 0.1) is 24.8 Å². The Morgan fingerprint density at radius 3 is 2.56 bits per heavy atom. The molecule has 0 aliphatic rings. The molecule has 1 amide bonds. The molecule has 3 aromatic rings. The summed E-state index contributed by atoms with van der Waals surface area (Å²) in [7, 11) is 1.53. The second kappa shape index (κ2) is 12.0. The number of hydrogen-bond donors (Lipinski definition) is 2. The molecule has 3 aromatic carbocycles. The second-order valence-corrected chi connectivity index (χ2v) is 8.40. The van der Waals surface area contributed by atoms with E-state index in [1.54, 1.807) is 30.3 Å². The number of carbonyl (C=O) groups excluding carboxylic acids is 1. The molecule has 0 unspecified atom stereocenters. The van der Waals surface area contributed by atoms with E-state index in [4.69, 9.17) is 9.47 Å². The van der Waals surface area contributed by atoms with Gasteiger partial charge in [0, 0.05) is 21.4 Å². The summed E-state index contributed by atoms with van der Waals surface area (Å²) in [5.74, 6) is 0.725. The average Bonchev–Trinajstić information content (AvgIpc) is 2.83. The van der Waals surface area contributed by atoms with Gasteiger partial charge in [-0.05, 0) is 94.7 Å². The Bertz CT molecular complexity index is 1200. The topological polar surface area (TPSA) is 115 Å². The van der Waals surface area contributed by atoms with Gasteiger partial charge >= 0.3 is 0 Å². The van der Waals surface area contributed by atoms with Crippen LogP contribution in [-0.4, -0.2) is 30.7 Å². The van der Waals surface area contributed by atoms with Crippen LogP contribution >= 0.6 is 22.6 Å². The number of nitro groups is 1. The summed E-state index contributed by atoms with van der Waals surface area (Å²) in [6, 6.07) is 17.2. The van der Waals surface area contributed by atoms with Crippen LogP contribution in [0.3, 0.4) is 0 Å². The number of methoxy groups -OCH3 is 1. The lowest BCUT2D eigenvalue weighted by molar-refractivity contribution is -0.384. The van der Waals surface area contributed by atoms with Gasteiger partial charge in [0.15, 0.2) is 11.5 Å². The van der Waals surface area contributed by atoms with Gasteiger partial charge in [0.2, 0.25) is 0 Å². The molecule has 0 aliphatic carbocycles. The zero-order valence-electron chi connectivity index (χ0n) is 18.6. The highest BCUT2D eigenvalue weighted by molar-refractivity contribution is 14.1. The van der Waals surface area contributed by atoms with Crippen LogP contribution in [-0.2, 0) is 11.4 Å². The average molecular weight is 574 g/mol. The number of nitro benzene ring substituents is 1. The van der Waals surface area contributed by atoms with Gasteiger partial charge < -0.3 is 14.8 Å². The third-order valence-electron chi connectivity index (χ3n) is 4.74. The van der Waals surface area contributed by atoms with Crippen molar-refractivity contribution in [3.63, 3.8) is 0 Å². The van der Waals surface area contributed by atoms with Crippen molar-refractivity contribution in [2.75, 3.05) is 19.0 Å². The summed E-state index contributed by atoms with van der Waals surface area (Å²) < 4.78 is 12.3. The van der Waals surface area contributed by atoms with Gasteiger partial charge in [-0.15, -0.1) is 0 Å². The number of rotatable bonds is 10. The zero-order chi connectivity index (χ0) is 24.5. The molecule has 0 bridgehead atoms. The van der Waals surface area contributed by atoms with Crippen molar-refractivity contribution in [2.24, 2.45) is 5.10 Å². The van der Waals surface area contributed by atoms with Gasteiger partial charge in [-0.25, -0.2) is 5.43 Å². The van der Waals surface area contributed by atoms with E-state index in [1.807, 2.05) is 25.1 Å². The van der Waals surface area contributed by atoms with E-state index in [9.17, 15) is 14.9 Å². The number of hydrazone groups is 1. The predicted octanol–water partition coefficient (Wildman–Crippen LogP) is 4.66. The lowest BCUT2D eigenvalue weighted by Crippen LogP contribution is -2.25. The number of amides is 1. The van der Waals surface area contributed by atoms with Crippen molar-refractivity contribution in [3.8, 4) is 11.5 Å². The highest BCUT2D eigenvalue weighted by atomic mass is 127. The van der Waals surface area contributed by atoms with Gasteiger partial charge in [0.1, 0.15) is 6.61 Å². The van der Waals surface area contributed by atoms with Crippen LogP contribution in [0, 0.1) is 20.6 Å². The number of ether oxygens (including phenoxy) is 2. The summed E-state index contributed by atoms with van der Waals surface area (Å²) in [4.78, 5) is 22.4. The number of nitrogens with one attached hydrogen (secondary N) is 2. The maximum Gasteiger partial charge on any atom is 0.269 e. The van der Waals surface area contributed by atoms with Crippen LogP contribution in [0.1, 0.15) is 16.7 Å². The number of halogens is 1. The van der Waals surface area contributed by atoms with E-state index in [0.717, 1.165) is 20.4 Å². The van der Waals surface area contributed by atoms with Crippen molar-refractivity contribution in [2.45, 2.75) is 13.5 Å². The van der Waals surface area contributed by atoms with Crippen LogP contribution in [0.2, 0.25) is 0 Å². The molecule has 0 aliphatic heterocycles. The predicted molar refractivity (Wildman–Crippen MR) is 139 cm³/mol. The molecule has 0 atom stereocenters. The Morgan fingerprint density at radius 1 is 1.12 bits per heavy atom. The Balaban J connectivity index is 1.55. The highest BCUT2D eigenvalue weighted by Crippen LogP contribution is 2.28. The number of non-ortho nitro benzene ring substituents is 1. The van der Waals surface area contributed by atoms with E-state index >= 15 is 0 Å². The molecule has 34 heavy (non-hydrogen) atoms. The van der Waals surface area contributed by atoms with Crippen molar-refractivity contribution in [3.05, 3.63) is 91.0 Å². The molecule has 0 spiro atoms. The van der Waals surface area contributed by atoms with Crippen LogP contribution in [0.5, 0.6) is 11.5 Å². The molecular weight excluding hydrogens is 551 g/mol. The third-order valence-corrected chi connectivity index (χ3v) is 5.95. The molecule has 2 N–H and O–H groups in total. The van der Waals surface area contributed by atoms with Crippen LogP contribution < -0.4 is 20.2 Å². The molecule has 0 heterocycles. The summed E-state index contributed by atoms with van der Waals surface area (Å²) in [6.07, 6.45) is 1.51. The fourth-order valence-electron chi connectivity index (χ4n) is 2.92. The van der Waals surface area contributed by atoms with Crippen molar-refractivity contribution >= 4 is 46.1 Å². The minimum Gasteiger partial charge on any atom is -0.493 e. The van der Waals surface area contributed by atoms with Gasteiger partial charge in [-0.3, -0.25) is 14.9 Å². The molecule has 0 saturated heterocycles. The van der Waals surface area contributed by atoms with Gasteiger partial charge in [-0.1, -0.05) is 0 Å². The Kier molecular flexibility index (Phi) is 8.79. The van der Waals surface area contributed by atoms with Crippen molar-refractivity contribution in [1.82, 2.24) is 5.43 Å². The molecular formula is C24H23IN4O5. The minimum atomic E-state index is -0.450. The van der Waals surface area contributed by atoms with E-state index in [0.29, 0.717) is 17.1 Å². The lowest BCUT2D eigenvalue weighted by Gasteiger charge is -2.11. The fourth-order valence-corrected chi connectivity index (χ4v) is 3.25. The molecule has 0 radical (unpaired) electrons. The maximum absolute atomic E-state index is 12.1. The van der Waals surface area contributed by atoms with Crippen LogP contribution in [0.4, 0.5) is 11.4 Å². The SMILES string of the molecule is COc1ccc(/C=N/NC(=O)CNc2ccc(I)c(C)c2)cc1OCc1ccc([N+](=O)[O-])cc1. The Hall–Kier alpha value is -3.67. The third kappa shape index (κ3) is 7.17. The molecule has 3 rings (SSSR count). The lowest BCUT2D eigenvalue weighted by atomic mass is 10.2. The summed E-state index contributed by atoms with van der Waals surface area (Å²) >= 11 is 2.26. The van der Waals surface area contributed by atoms with Crippen molar-refractivity contribution < 1.29 is 19.2 Å². The molecule has 9 nitrogen and oxygen atoms in total. The monoisotopic (exact) mass is 574 g/mol. The summed E-state index contributed by atoms with van der Waals surface area (Å²) in [5.41, 5.74) is 5.97. The summed E-state index contributed by atoms with van der Waals surface area (Å²) in [6.45, 7) is 2.30. The Labute approximate surface area is 210 Å². The number of aryl methyl sites for hydroxylation is 1. The first-order valence-electron chi connectivity index (χ1n) is 10.2. The molecule has 0 saturated carbocycles. The minimum absolute atomic E-state index is 0.0189. The number of hydrogen-bond acceptors (Lipinski definition) is 7. The van der Waals surface area contributed by atoms with E-state index in [2.05, 4.69) is 38.4 Å². The van der Waals surface area contributed by atoms with E-state index < -0.39 is 4.92 Å². The Morgan fingerprint density at radius 2 is 1.88 bits per heavy atom. The van der Waals surface area contributed by atoms with E-state index in [-0.39, 0.29) is 24.7 Å². The molecule has 176 valence electrons. The maximum atomic E-state index is 12.1.